The van der Waals surface area contributed by atoms with Gasteiger partial charge < -0.3 is 10.1 Å². The number of fused-ring (bicyclic) bond motifs is 2. The molecule has 17 heavy (non-hydrogen) atoms. The average molecular weight is 235 g/mol. The molecule has 1 saturated carbocycles. The zero-order valence-electron chi connectivity index (χ0n) is 10.4. The smallest absolute Gasteiger partial charge is 0.313 e. The van der Waals surface area contributed by atoms with Crippen LogP contribution in [0.1, 0.15) is 33.6 Å². The molecule has 2 fully saturated rings. The predicted octanol–water partition coefficient (Wildman–Crippen LogP) is 0.858. The van der Waals surface area contributed by atoms with Gasteiger partial charge in [-0.3, -0.25) is 9.59 Å². The van der Waals surface area contributed by atoms with Crippen LogP contribution in [0.5, 0.6) is 0 Å². The fraction of sp³-hybridized carbons (Fsp3) is 0.692. The van der Waals surface area contributed by atoms with Gasteiger partial charge in [0.25, 0.3) is 5.91 Å². The molecule has 4 heteroatoms. The summed E-state index contributed by atoms with van der Waals surface area (Å²) in [4.78, 5) is 24.1. The van der Waals surface area contributed by atoms with E-state index in [2.05, 4.69) is 11.2 Å². The number of nitrogens with one attached hydrogen (secondary N) is 1. The molecule has 0 radical (unpaired) electrons. The van der Waals surface area contributed by atoms with E-state index in [1.165, 1.54) is 0 Å². The fourth-order valence-corrected chi connectivity index (χ4v) is 3.02. The molecule has 0 unspecified atom stereocenters. The Morgan fingerprint density at radius 3 is 2.53 bits per heavy atom. The van der Waals surface area contributed by atoms with Crippen LogP contribution in [0.15, 0.2) is 0 Å². The number of terminal acetylenes is 1. The highest BCUT2D eigenvalue weighted by Crippen LogP contribution is 2.65. The maximum Gasteiger partial charge on any atom is 0.313 e. The molecule has 4 nitrogen and oxygen atoms in total. The predicted molar refractivity (Wildman–Crippen MR) is 61.8 cm³/mol. The minimum absolute atomic E-state index is 0.158. The highest BCUT2D eigenvalue weighted by Gasteiger charge is 2.75. The van der Waals surface area contributed by atoms with Gasteiger partial charge in [-0.15, -0.1) is 6.42 Å². The van der Waals surface area contributed by atoms with E-state index in [1.54, 1.807) is 0 Å². The molecule has 1 saturated heterocycles. The molecule has 0 aromatic heterocycles. The van der Waals surface area contributed by atoms with Crippen LogP contribution in [0.2, 0.25) is 0 Å². The van der Waals surface area contributed by atoms with Crippen molar-refractivity contribution in [2.75, 3.05) is 6.54 Å². The van der Waals surface area contributed by atoms with Crippen LogP contribution >= 0.6 is 0 Å². The normalized spacial score (nSPS) is 37.4. The van der Waals surface area contributed by atoms with Crippen molar-refractivity contribution in [1.29, 1.82) is 0 Å². The van der Waals surface area contributed by atoms with Gasteiger partial charge in [-0.1, -0.05) is 19.8 Å². The third kappa shape index (κ3) is 1.14. The first kappa shape index (κ1) is 12.0. The van der Waals surface area contributed by atoms with E-state index >= 15 is 0 Å². The third-order valence-electron chi connectivity index (χ3n) is 4.80. The molecule has 1 amide bonds. The van der Waals surface area contributed by atoms with Gasteiger partial charge in [-0.2, -0.15) is 0 Å². The Kier molecular flexibility index (Phi) is 2.29. The molecule has 2 aliphatic rings. The quantitative estimate of drug-likeness (QED) is 0.570. The number of hydrogen-bond acceptors (Lipinski definition) is 3. The van der Waals surface area contributed by atoms with Gasteiger partial charge in [0, 0.05) is 5.41 Å². The van der Waals surface area contributed by atoms with Crippen molar-refractivity contribution in [3.05, 3.63) is 0 Å². The summed E-state index contributed by atoms with van der Waals surface area (Å²) < 4.78 is 5.41. The van der Waals surface area contributed by atoms with Crippen LogP contribution in [-0.4, -0.2) is 24.0 Å². The zero-order valence-corrected chi connectivity index (χ0v) is 10.4. The molecule has 1 heterocycles. The van der Waals surface area contributed by atoms with Crippen molar-refractivity contribution in [1.82, 2.24) is 5.32 Å². The van der Waals surface area contributed by atoms with Crippen LogP contribution in [-0.2, 0) is 14.3 Å². The number of rotatable bonds is 2. The topological polar surface area (TPSA) is 55.4 Å². The van der Waals surface area contributed by atoms with E-state index < -0.39 is 16.4 Å². The highest BCUT2D eigenvalue weighted by atomic mass is 16.6. The van der Waals surface area contributed by atoms with Crippen LogP contribution in [0.4, 0.5) is 0 Å². The maximum absolute atomic E-state index is 12.2. The molecular weight excluding hydrogens is 218 g/mol. The number of carbonyl (C=O) groups is 2. The number of carbonyl (C=O) groups excluding carboxylic acids is 2. The fourth-order valence-electron chi connectivity index (χ4n) is 3.02. The molecule has 2 atom stereocenters. The summed E-state index contributed by atoms with van der Waals surface area (Å²) in [5.74, 6) is 1.81. The maximum atomic E-state index is 12.2. The van der Waals surface area contributed by atoms with E-state index in [9.17, 15) is 9.59 Å². The number of hydrogen-bond donors (Lipinski definition) is 1. The van der Waals surface area contributed by atoms with Gasteiger partial charge in [0.2, 0.25) is 0 Å². The van der Waals surface area contributed by atoms with Gasteiger partial charge in [0.1, 0.15) is 0 Å². The van der Waals surface area contributed by atoms with E-state index in [4.69, 9.17) is 11.2 Å². The lowest BCUT2D eigenvalue weighted by Crippen LogP contribution is -2.53. The molecule has 92 valence electrons. The number of amides is 1. The van der Waals surface area contributed by atoms with Crippen molar-refractivity contribution in [3.63, 3.8) is 0 Å². The zero-order chi connectivity index (χ0) is 12.9. The monoisotopic (exact) mass is 235 g/mol. The summed E-state index contributed by atoms with van der Waals surface area (Å²) in [6.45, 7) is 5.87. The minimum atomic E-state index is -1.05. The molecule has 1 aliphatic carbocycles. The van der Waals surface area contributed by atoms with E-state index in [0.717, 1.165) is 0 Å². The van der Waals surface area contributed by atoms with E-state index in [0.29, 0.717) is 12.8 Å². The SMILES string of the molecule is C#CCNC(=O)[C@]12CC[C@@](C)(C(=O)O1)C2(C)C. The summed E-state index contributed by atoms with van der Waals surface area (Å²) in [5.41, 5.74) is -2.12. The first-order valence-electron chi connectivity index (χ1n) is 5.77. The molecular formula is C13H17NO3. The van der Waals surface area contributed by atoms with Crippen LogP contribution < -0.4 is 5.32 Å². The Morgan fingerprint density at radius 2 is 2.12 bits per heavy atom. The van der Waals surface area contributed by atoms with E-state index in [-0.39, 0.29) is 18.4 Å². The van der Waals surface area contributed by atoms with Gasteiger partial charge >= 0.3 is 5.97 Å². The summed E-state index contributed by atoms with van der Waals surface area (Å²) in [5, 5.41) is 2.63. The van der Waals surface area contributed by atoms with Crippen LogP contribution in [0.3, 0.4) is 0 Å². The van der Waals surface area contributed by atoms with Crippen molar-refractivity contribution in [2.24, 2.45) is 10.8 Å². The molecule has 0 spiro atoms. The largest absolute Gasteiger partial charge is 0.448 e. The Hall–Kier alpha value is -1.50. The third-order valence-corrected chi connectivity index (χ3v) is 4.80. The lowest BCUT2D eigenvalue weighted by molar-refractivity contribution is -0.168. The Bertz CT molecular complexity index is 434. The second kappa shape index (κ2) is 3.25. The van der Waals surface area contributed by atoms with Gasteiger partial charge in [-0.25, -0.2) is 0 Å². The Morgan fingerprint density at radius 1 is 1.47 bits per heavy atom. The molecule has 1 aliphatic heterocycles. The standard InChI is InChI=1S/C13H17NO3/c1-5-8-14-9(15)13-7-6-12(4,10(16)17-13)11(13,2)3/h1H,6-8H2,2-4H3,(H,14,15)/t12-,13-/m0/s1. The number of ether oxygens (including phenoxy) is 1. The lowest BCUT2D eigenvalue weighted by Gasteiger charge is -2.35. The summed E-state index contributed by atoms with van der Waals surface area (Å²) >= 11 is 0. The molecule has 1 N–H and O–H groups in total. The molecule has 2 bridgehead atoms. The highest BCUT2D eigenvalue weighted by molar-refractivity contribution is 5.96. The van der Waals surface area contributed by atoms with Crippen molar-refractivity contribution in [3.8, 4) is 12.3 Å². The van der Waals surface area contributed by atoms with Gasteiger partial charge in [0.05, 0.1) is 12.0 Å². The summed E-state index contributed by atoms with van der Waals surface area (Å²) in [7, 11) is 0. The lowest BCUT2D eigenvalue weighted by atomic mass is 9.66. The second-order valence-corrected chi connectivity index (χ2v) is 5.56. The number of esters is 1. The Labute approximate surface area is 101 Å². The summed E-state index contributed by atoms with van der Waals surface area (Å²) in [6.07, 6.45) is 6.37. The molecule has 2 rings (SSSR count). The van der Waals surface area contributed by atoms with Crippen LogP contribution in [0, 0.1) is 23.2 Å². The van der Waals surface area contributed by atoms with Crippen molar-refractivity contribution >= 4 is 11.9 Å². The average Bonchev–Trinajstić information content (AvgIpc) is 2.56. The minimum Gasteiger partial charge on any atom is -0.448 e. The van der Waals surface area contributed by atoms with E-state index in [1.807, 2.05) is 20.8 Å². The van der Waals surface area contributed by atoms with Crippen molar-refractivity contribution in [2.45, 2.75) is 39.2 Å². The molecule has 0 aromatic carbocycles. The van der Waals surface area contributed by atoms with Gasteiger partial charge in [-0.05, 0) is 19.8 Å². The van der Waals surface area contributed by atoms with Crippen LogP contribution in [0.25, 0.3) is 0 Å². The summed E-state index contributed by atoms with van der Waals surface area (Å²) in [6, 6.07) is 0. The first-order valence-corrected chi connectivity index (χ1v) is 5.77. The second-order valence-electron chi connectivity index (χ2n) is 5.56. The molecule has 0 aromatic rings. The first-order chi connectivity index (χ1) is 7.82. The van der Waals surface area contributed by atoms with Crippen molar-refractivity contribution < 1.29 is 14.3 Å². The Balaban J connectivity index is 2.37. The van der Waals surface area contributed by atoms with Gasteiger partial charge in [0.15, 0.2) is 5.60 Å².